The molecule has 1 aliphatic rings. The highest BCUT2D eigenvalue weighted by molar-refractivity contribution is 6.05. The predicted octanol–water partition coefficient (Wildman–Crippen LogP) is 5.53. The number of hydrogen-bond donors (Lipinski definition) is 1. The second-order valence-corrected chi connectivity index (χ2v) is 8.62. The summed E-state index contributed by atoms with van der Waals surface area (Å²) in [7, 11) is 0. The lowest BCUT2D eigenvalue weighted by molar-refractivity contribution is -0.384. The number of rotatable bonds is 5. The maximum absolute atomic E-state index is 12.9. The van der Waals surface area contributed by atoms with Crippen molar-refractivity contribution in [1.82, 2.24) is 0 Å². The van der Waals surface area contributed by atoms with Crippen LogP contribution in [0.5, 0.6) is 0 Å². The lowest BCUT2D eigenvalue weighted by atomic mass is 10.0. The summed E-state index contributed by atoms with van der Waals surface area (Å²) in [5.41, 5.74) is 3.19. The van der Waals surface area contributed by atoms with Gasteiger partial charge in [-0.1, -0.05) is 24.3 Å². The quantitative estimate of drug-likeness (QED) is 0.234. The topological polar surface area (TPSA) is 106 Å². The van der Waals surface area contributed by atoms with Gasteiger partial charge >= 0.3 is 5.63 Å². The molecule has 1 aliphatic heterocycles. The van der Waals surface area contributed by atoms with Crippen LogP contribution >= 0.6 is 0 Å². The van der Waals surface area contributed by atoms with Crippen molar-refractivity contribution in [2.45, 2.75) is 19.8 Å². The van der Waals surface area contributed by atoms with E-state index in [-0.39, 0.29) is 11.3 Å². The molecular weight excluding hydrogens is 446 g/mol. The first-order valence-corrected chi connectivity index (χ1v) is 11.4. The Kier molecular flexibility index (Phi) is 5.78. The Hall–Kier alpha value is -4.46. The highest BCUT2D eigenvalue weighted by atomic mass is 16.6. The molecule has 0 radical (unpaired) electrons. The highest BCUT2D eigenvalue weighted by Crippen LogP contribution is 2.32. The number of nitro benzene ring substituents is 1. The number of nitrogens with zero attached hydrogens (tertiary/aromatic N) is 2. The zero-order valence-electron chi connectivity index (χ0n) is 19.1. The van der Waals surface area contributed by atoms with Crippen LogP contribution in [0.3, 0.4) is 0 Å². The number of fused-ring (bicyclic) bond motifs is 1. The summed E-state index contributed by atoms with van der Waals surface area (Å²) in [5, 5.41) is 15.3. The summed E-state index contributed by atoms with van der Waals surface area (Å²) in [5.74, 6) is -0.446. The number of nitrogens with one attached hydrogen (secondary N) is 1. The Bertz CT molecular complexity index is 1520. The summed E-state index contributed by atoms with van der Waals surface area (Å²) in [4.78, 5) is 38.6. The molecule has 0 saturated carbocycles. The van der Waals surface area contributed by atoms with Crippen molar-refractivity contribution in [2.75, 3.05) is 23.3 Å². The van der Waals surface area contributed by atoms with Gasteiger partial charge in [-0.05, 0) is 67.3 Å². The van der Waals surface area contributed by atoms with Gasteiger partial charge in [0.05, 0.1) is 10.5 Å². The SMILES string of the molecule is Cc1cc(NC(=O)c2ccc(N3CCCC3)c([N+](=O)[O-])c2)ccc1-c1cc2ccccc2oc1=O. The molecule has 4 aromatic rings. The van der Waals surface area contributed by atoms with Crippen molar-refractivity contribution >= 4 is 33.9 Å². The maximum Gasteiger partial charge on any atom is 0.344 e. The minimum absolute atomic E-state index is 0.0749. The van der Waals surface area contributed by atoms with E-state index < -0.39 is 16.5 Å². The number of carbonyl (C=O) groups is 1. The normalized spacial score (nSPS) is 13.2. The van der Waals surface area contributed by atoms with E-state index in [9.17, 15) is 19.7 Å². The van der Waals surface area contributed by atoms with Crippen LogP contribution in [0.1, 0.15) is 28.8 Å². The fraction of sp³-hybridized carbons (Fsp3) is 0.185. The molecule has 5 rings (SSSR count). The first-order valence-electron chi connectivity index (χ1n) is 11.4. The van der Waals surface area contributed by atoms with E-state index in [4.69, 9.17) is 4.42 Å². The molecule has 176 valence electrons. The third-order valence-corrected chi connectivity index (χ3v) is 6.30. The third-order valence-electron chi connectivity index (χ3n) is 6.30. The van der Waals surface area contributed by atoms with E-state index in [1.54, 1.807) is 42.5 Å². The van der Waals surface area contributed by atoms with E-state index in [0.717, 1.165) is 36.9 Å². The monoisotopic (exact) mass is 469 g/mol. The van der Waals surface area contributed by atoms with Crippen molar-refractivity contribution in [3.63, 3.8) is 0 Å². The molecule has 1 amide bonds. The number of benzene rings is 3. The molecule has 1 N–H and O–H groups in total. The molecule has 35 heavy (non-hydrogen) atoms. The lowest BCUT2D eigenvalue weighted by Crippen LogP contribution is -2.19. The summed E-state index contributed by atoms with van der Waals surface area (Å²) < 4.78 is 5.45. The number of carbonyl (C=O) groups excluding carboxylic acids is 1. The van der Waals surface area contributed by atoms with Gasteiger partial charge in [0.2, 0.25) is 0 Å². The van der Waals surface area contributed by atoms with Crippen LogP contribution in [-0.2, 0) is 0 Å². The second kappa shape index (κ2) is 9.06. The molecular formula is C27H23N3O5. The lowest BCUT2D eigenvalue weighted by Gasteiger charge is -2.18. The predicted molar refractivity (Wildman–Crippen MR) is 135 cm³/mol. The zero-order chi connectivity index (χ0) is 24.5. The van der Waals surface area contributed by atoms with Crippen molar-refractivity contribution in [3.8, 4) is 11.1 Å². The fourth-order valence-corrected chi connectivity index (χ4v) is 4.53. The zero-order valence-corrected chi connectivity index (χ0v) is 19.1. The largest absolute Gasteiger partial charge is 0.422 e. The smallest absolute Gasteiger partial charge is 0.344 e. The Balaban J connectivity index is 1.40. The van der Waals surface area contributed by atoms with Gasteiger partial charge in [0.1, 0.15) is 11.3 Å². The van der Waals surface area contributed by atoms with Crippen molar-refractivity contribution in [1.29, 1.82) is 0 Å². The number of anilines is 2. The molecule has 8 heteroatoms. The molecule has 2 heterocycles. The van der Waals surface area contributed by atoms with Crippen LogP contribution in [0.4, 0.5) is 17.1 Å². The molecule has 0 unspecified atom stereocenters. The average Bonchev–Trinajstić information content (AvgIpc) is 3.38. The van der Waals surface area contributed by atoms with E-state index in [2.05, 4.69) is 5.32 Å². The Morgan fingerprint density at radius 1 is 1.00 bits per heavy atom. The number of aryl methyl sites for hydroxylation is 1. The fourth-order valence-electron chi connectivity index (χ4n) is 4.53. The van der Waals surface area contributed by atoms with E-state index in [0.29, 0.717) is 28.1 Å². The molecule has 8 nitrogen and oxygen atoms in total. The van der Waals surface area contributed by atoms with Crippen LogP contribution in [0.2, 0.25) is 0 Å². The minimum atomic E-state index is -0.446. The number of para-hydroxylation sites is 1. The minimum Gasteiger partial charge on any atom is -0.422 e. The van der Waals surface area contributed by atoms with Crippen molar-refractivity contribution in [3.05, 3.63) is 98.4 Å². The summed E-state index contributed by atoms with van der Waals surface area (Å²) in [6.45, 7) is 3.39. The van der Waals surface area contributed by atoms with Gasteiger partial charge in [-0.25, -0.2) is 4.79 Å². The maximum atomic E-state index is 12.9. The van der Waals surface area contributed by atoms with Gasteiger partial charge in [-0.2, -0.15) is 0 Å². The Morgan fingerprint density at radius 2 is 1.77 bits per heavy atom. The number of amides is 1. The first kappa shape index (κ1) is 22.3. The number of hydrogen-bond acceptors (Lipinski definition) is 6. The van der Waals surface area contributed by atoms with Gasteiger partial charge in [-0.3, -0.25) is 14.9 Å². The van der Waals surface area contributed by atoms with Gasteiger partial charge < -0.3 is 14.6 Å². The van der Waals surface area contributed by atoms with Crippen molar-refractivity contribution < 1.29 is 14.1 Å². The van der Waals surface area contributed by atoms with Gasteiger partial charge in [0.15, 0.2) is 0 Å². The van der Waals surface area contributed by atoms with Crippen LogP contribution in [0.15, 0.2) is 75.9 Å². The van der Waals surface area contributed by atoms with E-state index >= 15 is 0 Å². The summed E-state index contributed by atoms with van der Waals surface area (Å²) in [6, 6.07) is 18.9. The van der Waals surface area contributed by atoms with Crippen LogP contribution < -0.4 is 15.8 Å². The van der Waals surface area contributed by atoms with Crippen LogP contribution in [0, 0.1) is 17.0 Å². The number of nitro groups is 1. The van der Waals surface area contributed by atoms with Crippen molar-refractivity contribution in [2.24, 2.45) is 0 Å². The second-order valence-electron chi connectivity index (χ2n) is 8.62. The third kappa shape index (κ3) is 4.38. The molecule has 0 spiro atoms. The van der Waals surface area contributed by atoms with Gasteiger partial charge in [0.25, 0.3) is 11.6 Å². The Labute approximate surface area is 201 Å². The van der Waals surface area contributed by atoms with Gasteiger partial charge in [-0.15, -0.1) is 0 Å². The summed E-state index contributed by atoms with van der Waals surface area (Å²) in [6.07, 6.45) is 1.99. The molecule has 3 aromatic carbocycles. The molecule has 0 aliphatic carbocycles. The van der Waals surface area contributed by atoms with Crippen LogP contribution in [-0.4, -0.2) is 23.9 Å². The van der Waals surface area contributed by atoms with Crippen LogP contribution in [0.25, 0.3) is 22.1 Å². The average molecular weight is 469 g/mol. The summed E-state index contributed by atoms with van der Waals surface area (Å²) >= 11 is 0. The van der Waals surface area contributed by atoms with E-state index in [1.165, 1.54) is 6.07 Å². The highest BCUT2D eigenvalue weighted by Gasteiger charge is 2.24. The van der Waals surface area contributed by atoms with E-state index in [1.807, 2.05) is 30.0 Å². The van der Waals surface area contributed by atoms with Gasteiger partial charge in [0, 0.05) is 35.8 Å². The molecule has 1 fully saturated rings. The molecule has 0 atom stereocenters. The molecule has 0 bridgehead atoms. The standard InChI is InChI=1S/C27H23N3O5/c1-17-14-20(9-10-21(17)22-15-18-6-2-3-7-25(18)35-27(22)32)28-26(31)19-8-11-23(24(16-19)30(33)34)29-12-4-5-13-29/h2-3,6-11,14-16H,4-5,12-13H2,1H3,(H,28,31). The molecule has 1 saturated heterocycles. The first-order chi connectivity index (χ1) is 16.9. The molecule has 1 aromatic heterocycles. The Morgan fingerprint density at radius 3 is 2.51 bits per heavy atom.